The molecule has 0 aliphatic heterocycles. The Labute approximate surface area is 127 Å². The Morgan fingerprint density at radius 1 is 1.45 bits per heavy atom. The van der Waals surface area contributed by atoms with E-state index in [0.29, 0.717) is 12.0 Å². The lowest BCUT2D eigenvalue weighted by atomic mass is 10.1. The number of ether oxygens (including phenoxy) is 1. The molecule has 1 unspecified atom stereocenters. The van der Waals surface area contributed by atoms with Gasteiger partial charge in [0.15, 0.2) is 0 Å². The first kappa shape index (κ1) is 17.1. The van der Waals surface area contributed by atoms with E-state index in [4.69, 9.17) is 27.0 Å². The molecule has 0 aliphatic carbocycles. The Bertz CT molecular complexity index is 589. The van der Waals surface area contributed by atoms with Crippen molar-refractivity contribution in [3.05, 3.63) is 23.8 Å². The molecule has 0 bridgehead atoms. The first-order valence-electron chi connectivity index (χ1n) is 5.74. The highest BCUT2D eigenvalue weighted by Crippen LogP contribution is 2.28. The van der Waals surface area contributed by atoms with Gasteiger partial charge in [-0.3, -0.25) is 4.79 Å². The van der Waals surface area contributed by atoms with Crippen LogP contribution in [0.3, 0.4) is 0 Å². The molecule has 0 spiro atoms. The second kappa shape index (κ2) is 7.15. The highest BCUT2D eigenvalue weighted by atomic mass is 35.7. The average Bonchev–Trinajstić information content (AvgIpc) is 2.37. The van der Waals surface area contributed by atoms with E-state index in [-0.39, 0.29) is 28.5 Å². The standard InChI is InChI=1S/C12H15Cl2NO4S/c1-8(15-12(16)7-13)5-9-3-4-10(19-2)11(6-9)20(14,17)18/h3-4,6,8H,5,7H2,1-2H3,(H,15,16). The predicted octanol–water partition coefficient (Wildman–Crippen LogP) is 1.91. The molecule has 0 aromatic heterocycles. The van der Waals surface area contributed by atoms with E-state index in [9.17, 15) is 13.2 Å². The van der Waals surface area contributed by atoms with Crippen molar-refractivity contribution in [1.29, 1.82) is 0 Å². The summed E-state index contributed by atoms with van der Waals surface area (Å²) in [7, 11) is 2.83. The van der Waals surface area contributed by atoms with Crippen molar-refractivity contribution in [2.24, 2.45) is 0 Å². The number of methoxy groups -OCH3 is 1. The molecular formula is C12H15Cl2NO4S. The number of hydrogen-bond acceptors (Lipinski definition) is 4. The molecule has 20 heavy (non-hydrogen) atoms. The SMILES string of the molecule is COc1ccc(CC(C)NC(=O)CCl)cc1S(=O)(=O)Cl. The lowest BCUT2D eigenvalue weighted by molar-refractivity contribution is -0.119. The van der Waals surface area contributed by atoms with E-state index in [1.54, 1.807) is 13.0 Å². The van der Waals surface area contributed by atoms with Crippen molar-refractivity contribution in [1.82, 2.24) is 5.32 Å². The summed E-state index contributed by atoms with van der Waals surface area (Å²) in [4.78, 5) is 11.1. The minimum Gasteiger partial charge on any atom is -0.495 e. The summed E-state index contributed by atoms with van der Waals surface area (Å²) < 4.78 is 27.9. The van der Waals surface area contributed by atoms with Gasteiger partial charge in [0, 0.05) is 16.7 Å². The molecule has 112 valence electrons. The predicted molar refractivity (Wildman–Crippen MR) is 78.1 cm³/mol. The van der Waals surface area contributed by atoms with Gasteiger partial charge in [-0.1, -0.05) is 6.07 Å². The largest absolute Gasteiger partial charge is 0.495 e. The lowest BCUT2D eigenvalue weighted by Crippen LogP contribution is -2.34. The second-order valence-electron chi connectivity index (χ2n) is 4.23. The van der Waals surface area contributed by atoms with Crippen LogP contribution in [0, 0.1) is 0 Å². The van der Waals surface area contributed by atoms with E-state index >= 15 is 0 Å². The maximum Gasteiger partial charge on any atom is 0.264 e. The van der Waals surface area contributed by atoms with Gasteiger partial charge in [0.25, 0.3) is 9.05 Å². The number of rotatable bonds is 6. The van der Waals surface area contributed by atoms with E-state index in [2.05, 4.69) is 5.32 Å². The molecule has 0 saturated heterocycles. The van der Waals surface area contributed by atoms with Crippen molar-refractivity contribution < 1.29 is 17.9 Å². The summed E-state index contributed by atoms with van der Waals surface area (Å²) >= 11 is 5.40. The quantitative estimate of drug-likeness (QED) is 0.634. The third-order valence-electron chi connectivity index (χ3n) is 2.56. The maximum absolute atomic E-state index is 11.5. The first-order valence-corrected chi connectivity index (χ1v) is 8.59. The number of carbonyl (C=O) groups is 1. The zero-order valence-electron chi connectivity index (χ0n) is 11.0. The van der Waals surface area contributed by atoms with Crippen LogP contribution in [0.2, 0.25) is 0 Å². The van der Waals surface area contributed by atoms with Crippen LogP contribution in [0.15, 0.2) is 23.1 Å². The molecule has 1 amide bonds. The van der Waals surface area contributed by atoms with Crippen LogP contribution in [0.1, 0.15) is 12.5 Å². The number of benzene rings is 1. The van der Waals surface area contributed by atoms with E-state index < -0.39 is 9.05 Å². The zero-order valence-corrected chi connectivity index (χ0v) is 13.3. The van der Waals surface area contributed by atoms with Crippen LogP contribution < -0.4 is 10.1 Å². The first-order chi connectivity index (χ1) is 9.27. The van der Waals surface area contributed by atoms with Crippen molar-refractivity contribution in [2.45, 2.75) is 24.3 Å². The van der Waals surface area contributed by atoms with Crippen LogP contribution in [0.4, 0.5) is 0 Å². The van der Waals surface area contributed by atoms with E-state index in [1.165, 1.54) is 19.2 Å². The van der Waals surface area contributed by atoms with Crippen LogP contribution >= 0.6 is 22.3 Å². The normalized spacial score (nSPS) is 12.8. The summed E-state index contributed by atoms with van der Waals surface area (Å²) in [6.07, 6.45) is 0.450. The topological polar surface area (TPSA) is 72.5 Å². The van der Waals surface area contributed by atoms with Gasteiger partial charge in [-0.15, -0.1) is 11.6 Å². The van der Waals surface area contributed by atoms with Crippen LogP contribution in [-0.2, 0) is 20.3 Å². The highest BCUT2D eigenvalue weighted by molar-refractivity contribution is 8.13. The van der Waals surface area contributed by atoms with Crippen LogP contribution in [0.5, 0.6) is 5.75 Å². The minimum atomic E-state index is -3.89. The third kappa shape index (κ3) is 4.85. The molecular weight excluding hydrogens is 325 g/mol. The number of hydrogen-bond donors (Lipinski definition) is 1. The molecule has 0 saturated carbocycles. The van der Waals surface area contributed by atoms with Gasteiger partial charge in [0.1, 0.15) is 16.5 Å². The van der Waals surface area contributed by atoms with Gasteiger partial charge in [-0.2, -0.15) is 0 Å². The molecule has 1 aromatic carbocycles. The fourth-order valence-corrected chi connectivity index (χ4v) is 2.88. The summed E-state index contributed by atoms with van der Waals surface area (Å²) in [5.74, 6) is -0.215. The molecule has 1 atom stereocenters. The van der Waals surface area contributed by atoms with Gasteiger partial charge < -0.3 is 10.1 Å². The monoisotopic (exact) mass is 339 g/mol. The molecule has 0 radical (unpaired) electrons. The minimum absolute atomic E-state index is 0.0879. The summed E-state index contributed by atoms with van der Waals surface area (Å²) in [5.41, 5.74) is 0.715. The van der Waals surface area contributed by atoms with Crippen molar-refractivity contribution in [3.8, 4) is 5.75 Å². The average molecular weight is 340 g/mol. The van der Waals surface area contributed by atoms with Crippen molar-refractivity contribution >= 4 is 37.2 Å². The molecule has 1 aromatic rings. The van der Waals surface area contributed by atoms with Gasteiger partial charge in [-0.05, 0) is 31.0 Å². The fourth-order valence-electron chi connectivity index (χ4n) is 1.76. The van der Waals surface area contributed by atoms with Gasteiger partial charge in [0.05, 0.1) is 7.11 Å². The number of alkyl halides is 1. The number of carbonyl (C=O) groups excluding carboxylic acids is 1. The molecule has 0 aliphatic rings. The Morgan fingerprint density at radius 3 is 2.60 bits per heavy atom. The molecule has 0 heterocycles. The zero-order chi connectivity index (χ0) is 15.3. The Hall–Kier alpha value is -0.980. The molecule has 1 N–H and O–H groups in total. The van der Waals surface area contributed by atoms with Crippen LogP contribution in [0.25, 0.3) is 0 Å². The van der Waals surface area contributed by atoms with Crippen molar-refractivity contribution in [3.63, 3.8) is 0 Å². The summed E-state index contributed by atoms with van der Waals surface area (Å²) in [6, 6.07) is 4.50. The Balaban J connectivity index is 2.96. The fraction of sp³-hybridized carbons (Fsp3) is 0.417. The molecule has 5 nitrogen and oxygen atoms in total. The second-order valence-corrected chi connectivity index (χ2v) is 7.03. The smallest absolute Gasteiger partial charge is 0.264 e. The molecule has 8 heteroatoms. The Kier molecular flexibility index (Phi) is 6.10. The van der Waals surface area contributed by atoms with Gasteiger partial charge in [-0.25, -0.2) is 8.42 Å². The van der Waals surface area contributed by atoms with E-state index in [1.807, 2.05) is 0 Å². The van der Waals surface area contributed by atoms with Crippen molar-refractivity contribution in [2.75, 3.05) is 13.0 Å². The van der Waals surface area contributed by atoms with E-state index in [0.717, 1.165) is 0 Å². The number of amides is 1. The molecule has 1 rings (SSSR count). The molecule has 0 fully saturated rings. The Morgan fingerprint density at radius 2 is 2.10 bits per heavy atom. The highest BCUT2D eigenvalue weighted by Gasteiger charge is 2.18. The number of halogens is 2. The number of nitrogens with one attached hydrogen (secondary N) is 1. The van der Waals surface area contributed by atoms with Crippen LogP contribution in [-0.4, -0.2) is 33.4 Å². The summed E-state index contributed by atoms with van der Waals surface area (Å²) in [6.45, 7) is 1.80. The third-order valence-corrected chi connectivity index (χ3v) is 4.15. The van der Waals surface area contributed by atoms with Gasteiger partial charge >= 0.3 is 0 Å². The lowest BCUT2D eigenvalue weighted by Gasteiger charge is -2.14. The summed E-state index contributed by atoms with van der Waals surface area (Å²) in [5, 5.41) is 2.68. The van der Waals surface area contributed by atoms with Gasteiger partial charge in [0.2, 0.25) is 5.91 Å². The maximum atomic E-state index is 11.5.